The van der Waals surface area contributed by atoms with E-state index in [9.17, 15) is 0 Å². The Labute approximate surface area is 105 Å². The third-order valence-electron chi connectivity index (χ3n) is 2.66. The zero-order valence-corrected chi connectivity index (χ0v) is 10.3. The molecule has 0 amide bonds. The Kier molecular flexibility index (Phi) is 3.49. The summed E-state index contributed by atoms with van der Waals surface area (Å²) in [6, 6.07) is 9.76. The Bertz CT molecular complexity index is 583. The molecule has 0 aliphatic rings. The van der Waals surface area contributed by atoms with E-state index in [2.05, 4.69) is 21.6 Å². The summed E-state index contributed by atoms with van der Waals surface area (Å²) in [5, 5.41) is 19.1. The summed E-state index contributed by atoms with van der Waals surface area (Å²) in [6.45, 7) is 2.33. The number of hydrogen-bond acceptors (Lipinski definition) is 4. The summed E-state index contributed by atoms with van der Waals surface area (Å²) >= 11 is 0. The highest BCUT2D eigenvalue weighted by Crippen LogP contribution is 2.18. The molecule has 0 unspecified atom stereocenters. The minimum atomic E-state index is 0.500. The first-order chi connectivity index (χ1) is 8.74. The summed E-state index contributed by atoms with van der Waals surface area (Å²) in [6.07, 6.45) is 0. The number of aromatic nitrogens is 2. The Morgan fingerprint density at radius 2 is 2.33 bits per heavy atom. The second-order valence-electron chi connectivity index (χ2n) is 3.87. The highest BCUT2D eigenvalue weighted by atomic mass is 16.5. The Morgan fingerprint density at radius 1 is 1.50 bits per heavy atom. The van der Waals surface area contributed by atoms with Crippen LogP contribution in [-0.2, 0) is 6.54 Å². The molecule has 0 spiro atoms. The van der Waals surface area contributed by atoms with Gasteiger partial charge in [0.25, 0.3) is 0 Å². The molecule has 1 aromatic carbocycles. The fraction of sp³-hybridized carbons (Fsp3) is 0.231. The number of anilines is 1. The van der Waals surface area contributed by atoms with E-state index in [-0.39, 0.29) is 0 Å². The molecule has 0 saturated carbocycles. The molecule has 0 aliphatic heterocycles. The van der Waals surface area contributed by atoms with E-state index in [0.717, 1.165) is 22.8 Å². The van der Waals surface area contributed by atoms with E-state index >= 15 is 0 Å². The van der Waals surface area contributed by atoms with Crippen LogP contribution in [0, 0.1) is 18.3 Å². The van der Waals surface area contributed by atoms with Gasteiger partial charge in [-0.05, 0) is 19.1 Å². The van der Waals surface area contributed by atoms with Crippen LogP contribution in [0.15, 0.2) is 24.3 Å². The summed E-state index contributed by atoms with van der Waals surface area (Å²) in [7, 11) is 1.63. The molecule has 0 bridgehead atoms. The van der Waals surface area contributed by atoms with Gasteiger partial charge in [-0.1, -0.05) is 6.07 Å². The first kappa shape index (κ1) is 12.0. The van der Waals surface area contributed by atoms with E-state index < -0.39 is 0 Å². The maximum absolute atomic E-state index is 9.01. The van der Waals surface area contributed by atoms with E-state index in [4.69, 9.17) is 10.00 Å². The number of benzene rings is 1. The molecule has 0 fully saturated rings. The van der Waals surface area contributed by atoms with Gasteiger partial charge in [-0.15, -0.1) is 0 Å². The normalized spacial score (nSPS) is 9.83. The average molecular weight is 242 g/mol. The molecule has 0 saturated heterocycles. The van der Waals surface area contributed by atoms with Gasteiger partial charge in [0.2, 0.25) is 0 Å². The summed E-state index contributed by atoms with van der Waals surface area (Å²) in [4.78, 5) is 0. The summed E-state index contributed by atoms with van der Waals surface area (Å²) in [5.41, 5.74) is 3.04. The van der Waals surface area contributed by atoms with Gasteiger partial charge in [0.1, 0.15) is 11.8 Å². The molecule has 92 valence electrons. The lowest BCUT2D eigenvalue weighted by atomic mass is 10.2. The monoisotopic (exact) mass is 242 g/mol. The van der Waals surface area contributed by atoms with Crippen LogP contribution in [0.1, 0.15) is 17.0 Å². The maximum Gasteiger partial charge on any atom is 0.120 e. The van der Waals surface area contributed by atoms with Crippen LogP contribution >= 0.6 is 0 Å². The molecular weight excluding hydrogens is 228 g/mol. The molecule has 2 rings (SSSR count). The lowest BCUT2D eigenvalue weighted by Gasteiger charge is -2.06. The number of nitrogens with one attached hydrogen (secondary N) is 2. The van der Waals surface area contributed by atoms with E-state index in [0.29, 0.717) is 12.1 Å². The number of aryl methyl sites for hydroxylation is 1. The molecule has 1 aromatic heterocycles. The minimum absolute atomic E-state index is 0.500. The first-order valence-electron chi connectivity index (χ1n) is 5.56. The largest absolute Gasteiger partial charge is 0.497 e. The third-order valence-corrected chi connectivity index (χ3v) is 2.66. The van der Waals surface area contributed by atoms with Gasteiger partial charge >= 0.3 is 0 Å². The van der Waals surface area contributed by atoms with Gasteiger partial charge in [0.15, 0.2) is 0 Å². The predicted octanol–water partition coefficient (Wildman–Crippen LogP) is 2.21. The van der Waals surface area contributed by atoms with Crippen LogP contribution < -0.4 is 10.1 Å². The van der Waals surface area contributed by atoms with Crippen molar-refractivity contribution < 1.29 is 4.74 Å². The predicted molar refractivity (Wildman–Crippen MR) is 68.4 cm³/mol. The van der Waals surface area contributed by atoms with Crippen molar-refractivity contribution in [2.75, 3.05) is 12.4 Å². The summed E-state index contributed by atoms with van der Waals surface area (Å²) in [5.74, 6) is 0.790. The van der Waals surface area contributed by atoms with E-state index in [1.54, 1.807) is 7.11 Å². The second-order valence-corrected chi connectivity index (χ2v) is 3.87. The average Bonchev–Trinajstić information content (AvgIpc) is 2.77. The molecule has 0 radical (unpaired) electrons. The number of methoxy groups -OCH3 is 1. The lowest BCUT2D eigenvalue weighted by molar-refractivity contribution is 0.415. The van der Waals surface area contributed by atoms with Gasteiger partial charge < -0.3 is 10.1 Å². The van der Waals surface area contributed by atoms with Crippen molar-refractivity contribution in [2.45, 2.75) is 13.5 Å². The molecule has 1 heterocycles. The first-order valence-corrected chi connectivity index (χ1v) is 5.56. The summed E-state index contributed by atoms with van der Waals surface area (Å²) < 4.78 is 5.14. The van der Waals surface area contributed by atoms with Crippen molar-refractivity contribution in [3.05, 3.63) is 41.2 Å². The highest BCUT2D eigenvalue weighted by Gasteiger charge is 2.08. The van der Waals surface area contributed by atoms with Gasteiger partial charge in [-0.3, -0.25) is 5.10 Å². The SMILES string of the molecule is COc1cccc(NCc2n[nH]c(C)c2C#N)c1. The van der Waals surface area contributed by atoms with Gasteiger partial charge in [-0.2, -0.15) is 10.4 Å². The van der Waals surface area contributed by atoms with Crippen molar-refractivity contribution in [2.24, 2.45) is 0 Å². The zero-order valence-electron chi connectivity index (χ0n) is 10.3. The van der Waals surface area contributed by atoms with Crippen molar-refractivity contribution in [1.82, 2.24) is 10.2 Å². The fourth-order valence-electron chi connectivity index (χ4n) is 1.67. The molecule has 0 atom stereocenters. The molecule has 18 heavy (non-hydrogen) atoms. The van der Waals surface area contributed by atoms with Crippen LogP contribution in [0.3, 0.4) is 0 Å². The molecular formula is C13H14N4O. The minimum Gasteiger partial charge on any atom is -0.497 e. The Morgan fingerprint density at radius 3 is 3.06 bits per heavy atom. The van der Waals surface area contributed by atoms with Crippen molar-refractivity contribution >= 4 is 5.69 Å². The number of hydrogen-bond donors (Lipinski definition) is 2. The smallest absolute Gasteiger partial charge is 0.120 e. The van der Waals surface area contributed by atoms with Gasteiger partial charge in [0.05, 0.1) is 30.6 Å². The topological polar surface area (TPSA) is 73.7 Å². The van der Waals surface area contributed by atoms with Gasteiger partial charge in [0, 0.05) is 11.8 Å². The zero-order chi connectivity index (χ0) is 13.0. The van der Waals surface area contributed by atoms with Gasteiger partial charge in [-0.25, -0.2) is 0 Å². The third kappa shape index (κ3) is 2.43. The van der Waals surface area contributed by atoms with Crippen molar-refractivity contribution in [1.29, 1.82) is 5.26 Å². The molecule has 5 heteroatoms. The van der Waals surface area contributed by atoms with Crippen LogP contribution in [-0.4, -0.2) is 17.3 Å². The number of rotatable bonds is 4. The molecule has 0 aliphatic carbocycles. The van der Waals surface area contributed by atoms with Crippen LogP contribution in [0.2, 0.25) is 0 Å². The Hall–Kier alpha value is -2.48. The highest BCUT2D eigenvalue weighted by molar-refractivity contribution is 5.49. The number of ether oxygens (including phenoxy) is 1. The number of nitrogens with zero attached hydrogens (tertiary/aromatic N) is 2. The fourth-order valence-corrected chi connectivity index (χ4v) is 1.67. The number of aromatic amines is 1. The molecule has 5 nitrogen and oxygen atoms in total. The quantitative estimate of drug-likeness (QED) is 0.862. The second kappa shape index (κ2) is 5.23. The Balaban J connectivity index is 2.09. The van der Waals surface area contributed by atoms with Crippen LogP contribution in [0.25, 0.3) is 0 Å². The van der Waals surface area contributed by atoms with Crippen LogP contribution in [0.5, 0.6) is 5.75 Å². The maximum atomic E-state index is 9.01. The number of nitriles is 1. The molecule has 2 N–H and O–H groups in total. The standard InChI is InChI=1S/C13H14N4O/c1-9-12(7-14)13(17-16-9)8-15-10-4-3-5-11(6-10)18-2/h3-6,15H,8H2,1-2H3,(H,16,17). The van der Waals surface area contributed by atoms with E-state index in [1.807, 2.05) is 31.2 Å². The van der Waals surface area contributed by atoms with Crippen LogP contribution in [0.4, 0.5) is 5.69 Å². The van der Waals surface area contributed by atoms with Crippen molar-refractivity contribution in [3.8, 4) is 11.8 Å². The van der Waals surface area contributed by atoms with E-state index in [1.165, 1.54) is 0 Å². The van der Waals surface area contributed by atoms with Crippen molar-refractivity contribution in [3.63, 3.8) is 0 Å². The molecule has 2 aromatic rings. The number of H-pyrrole nitrogens is 1. The lowest BCUT2D eigenvalue weighted by Crippen LogP contribution is -2.01.